The van der Waals surface area contributed by atoms with Gasteiger partial charge in [0.25, 0.3) is 5.91 Å². The maximum atomic E-state index is 11.5. The molecule has 6 heteroatoms. The standard InChI is InChI=1S/C13H14N2O4/c1-9(13(17)18-8-12(16)15-2)19-11-5-3-10(7-14)4-6-11/h3-6,9H,8H2,1-2H3,(H,15,16)/t9-/m1/s1. The van der Waals surface area contributed by atoms with Gasteiger partial charge in [-0.05, 0) is 31.2 Å². The summed E-state index contributed by atoms with van der Waals surface area (Å²) in [6.45, 7) is 1.18. The largest absolute Gasteiger partial charge is 0.479 e. The van der Waals surface area contributed by atoms with Crippen LogP contribution in [0.25, 0.3) is 0 Å². The van der Waals surface area contributed by atoms with E-state index in [2.05, 4.69) is 5.32 Å². The number of hydrogen-bond acceptors (Lipinski definition) is 5. The Labute approximate surface area is 110 Å². The van der Waals surface area contributed by atoms with Crippen molar-refractivity contribution in [3.8, 4) is 11.8 Å². The Kier molecular flexibility index (Phi) is 5.35. The smallest absolute Gasteiger partial charge is 0.347 e. The Morgan fingerprint density at radius 1 is 1.37 bits per heavy atom. The van der Waals surface area contributed by atoms with Gasteiger partial charge in [-0.3, -0.25) is 4.79 Å². The number of nitriles is 1. The lowest BCUT2D eigenvalue weighted by atomic mass is 10.2. The average Bonchev–Trinajstić information content (AvgIpc) is 2.44. The van der Waals surface area contributed by atoms with Crippen LogP contribution in [0.4, 0.5) is 0 Å². The number of rotatable bonds is 5. The van der Waals surface area contributed by atoms with E-state index in [1.165, 1.54) is 14.0 Å². The lowest BCUT2D eigenvalue weighted by Gasteiger charge is -2.13. The number of carbonyl (C=O) groups excluding carboxylic acids is 2. The number of nitrogens with one attached hydrogen (secondary N) is 1. The zero-order chi connectivity index (χ0) is 14.3. The highest BCUT2D eigenvalue weighted by Crippen LogP contribution is 2.13. The van der Waals surface area contributed by atoms with Gasteiger partial charge in [-0.25, -0.2) is 4.79 Å². The molecule has 0 heterocycles. The summed E-state index contributed by atoms with van der Waals surface area (Å²) in [4.78, 5) is 22.4. The van der Waals surface area contributed by atoms with Crippen molar-refractivity contribution in [3.63, 3.8) is 0 Å². The second kappa shape index (κ2) is 7.01. The highest BCUT2D eigenvalue weighted by atomic mass is 16.6. The third-order valence-electron chi connectivity index (χ3n) is 2.25. The molecule has 19 heavy (non-hydrogen) atoms. The van der Waals surface area contributed by atoms with E-state index in [1.54, 1.807) is 24.3 Å². The van der Waals surface area contributed by atoms with Crippen LogP contribution in [-0.4, -0.2) is 31.6 Å². The highest BCUT2D eigenvalue weighted by molar-refractivity contribution is 5.81. The van der Waals surface area contributed by atoms with Gasteiger partial charge in [-0.15, -0.1) is 0 Å². The molecule has 0 radical (unpaired) electrons. The second-order valence-corrected chi connectivity index (χ2v) is 3.68. The summed E-state index contributed by atoms with van der Waals surface area (Å²) >= 11 is 0. The van der Waals surface area contributed by atoms with Gasteiger partial charge < -0.3 is 14.8 Å². The van der Waals surface area contributed by atoms with E-state index >= 15 is 0 Å². The second-order valence-electron chi connectivity index (χ2n) is 3.68. The minimum absolute atomic E-state index is 0.337. The molecule has 0 aliphatic carbocycles. The van der Waals surface area contributed by atoms with Crippen molar-refractivity contribution in [3.05, 3.63) is 29.8 Å². The van der Waals surface area contributed by atoms with Crippen LogP contribution in [0.5, 0.6) is 5.75 Å². The molecule has 0 saturated carbocycles. The SMILES string of the molecule is CNC(=O)COC(=O)[C@@H](C)Oc1ccc(C#N)cc1. The number of benzene rings is 1. The quantitative estimate of drug-likeness (QED) is 0.785. The first-order valence-corrected chi connectivity index (χ1v) is 5.61. The van der Waals surface area contributed by atoms with Crippen LogP contribution >= 0.6 is 0 Å². The molecule has 1 N–H and O–H groups in total. The highest BCUT2D eigenvalue weighted by Gasteiger charge is 2.17. The summed E-state index contributed by atoms with van der Waals surface area (Å²) in [7, 11) is 1.45. The third-order valence-corrected chi connectivity index (χ3v) is 2.25. The van der Waals surface area contributed by atoms with Crippen molar-refractivity contribution >= 4 is 11.9 Å². The molecule has 1 amide bonds. The van der Waals surface area contributed by atoms with Crippen LogP contribution in [0.2, 0.25) is 0 Å². The van der Waals surface area contributed by atoms with Crippen LogP contribution in [0.3, 0.4) is 0 Å². The Hall–Kier alpha value is -2.55. The summed E-state index contributed by atoms with van der Waals surface area (Å²) in [5.41, 5.74) is 0.502. The third kappa shape index (κ3) is 4.68. The fourth-order valence-corrected chi connectivity index (χ4v) is 1.19. The fourth-order valence-electron chi connectivity index (χ4n) is 1.19. The Balaban J connectivity index is 2.49. The molecule has 100 valence electrons. The minimum Gasteiger partial charge on any atom is -0.479 e. The molecule has 1 atom stereocenters. The van der Waals surface area contributed by atoms with Crippen LogP contribution in [0, 0.1) is 11.3 Å². The summed E-state index contributed by atoms with van der Waals surface area (Å²) in [6, 6.07) is 8.31. The van der Waals surface area contributed by atoms with Crippen LogP contribution in [0.15, 0.2) is 24.3 Å². The van der Waals surface area contributed by atoms with Crippen molar-refractivity contribution in [2.45, 2.75) is 13.0 Å². The van der Waals surface area contributed by atoms with E-state index in [1.807, 2.05) is 6.07 Å². The molecule has 0 fully saturated rings. The first-order chi connectivity index (χ1) is 9.06. The van der Waals surface area contributed by atoms with Crippen molar-refractivity contribution in [2.75, 3.05) is 13.7 Å². The molecule has 0 aliphatic rings. The van der Waals surface area contributed by atoms with Gasteiger partial charge in [0, 0.05) is 7.05 Å². The molecule has 1 aromatic rings. The van der Waals surface area contributed by atoms with Gasteiger partial charge in [0.15, 0.2) is 12.7 Å². The van der Waals surface area contributed by atoms with E-state index in [0.29, 0.717) is 11.3 Å². The Bertz CT molecular complexity index is 490. The minimum atomic E-state index is -0.836. The van der Waals surface area contributed by atoms with Gasteiger partial charge in [0.05, 0.1) is 11.6 Å². The average molecular weight is 262 g/mol. The van der Waals surface area contributed by atoms with Crippen molar-refractivity contribution in [1.82, 2.24) is 5.32 Å². The van der Waals surface area contributed by atoms with Gasteiger partial charge in [-0.2, -0.15) is 5.26 Å². The molecule has 1 rings (SSSR count). The molecule has 0 aliphatic heterocycles. The van der Waals surface area contributed by atoms with E-state index in [9.17, 15) is 9.59 Å². The van der Waals surface area contributed by atoms with Crippen molar-refractivity contribution in [1.29, 1.82) is 5.26 Å². The zero-order valence-corrected chi connectivity index (χ0v) is 10.7. The number of likely N-dealkylation sites (N-methyl/N-ethyl adjacent to an activating group) is 1. The molecule has 0 saturated heterocycles. The van der Waals surface area contributed by atoms with E-state index in [4.69, 9.17) is 14.7 Å². The zero-order valence-electron chi connectivity index (χ0n) is 10.7. The molecule has 0 spiro atoms. The lowest BCUT2D eigenvalue weighted by molar-refractivity contribution is -0.154. The van der Waals surface area contributed by atoms with Crippen molar-refractivity contribution in [2.24, 2.45) is 0 Å². The monoisotopic (exact) mass is 262 g/mol. The number of hydrogen-bond donors (Lipinski definition) is 1. The summed E-state index contributed by atoms with van der Waals surface area (Å²) in [5.74, 6) is -0.574. The van der Waals surface area contributed by atoms with Gasteiger partial charge in [-0.1, -0.05) is 0 Å². The maximum Gasteiger partial charge on any atom is 0.347 e. The Morgan fingerprint density at radius 2 is 2.00 bits per heavy atom. The predicted octanol–water partition coefficient (Wildman–Crippen LogP) is 0.615. The summed E-state index contributed by atoms with van der Waals surface area (Å²) in [5, 5.41) is 11.0. The molecule has 0 unspecified atom stereocenters. The lowest BCUT2D eigenvalue weighted by Crippen LogP contribution is -2.31. The number of ether oxygens (including phenoxy) is 2. The maximum absolute atomic E-state index is 11.5. The van der Waals surface area contributed by atoms with Crippen LogP contribution in [0.1, 0.15) is 12.5 Å². The van der Waals surface area contributed by atoms with Crippen LogP contribution in [-0.2, 0) is 14.3 Å². The topological polar surface area (TPSA) is 88.4 Å². The van der Waals surface area contributed by atoms with Gasteiger partial charge >= 0.3 is 5.97 Å². The van der Waals surface area contributed by atoms with E-state index in [-0.39, 0.29) is 12.5 Å². The molecular formula is C13H14N2O4. The van der Waals surface area contributed by atoms with Gasteiger partial charge in [0.1, 0.15) is 5.75 Å². The first kappa shape index (κ1) is 14.5. The molecular weight excluding hydrogens is 248 g/mol. The number of nitrogens with zero attached hydrogens (tertiary/aromatic N) is 1. The number of carbonyl (C=O) groups is 2. The van der Waals surface area contributed by atoms with E-state index in [0.717, 1.165) is 0 Å². The predicted molar refractivity (Wildman–Crippen MR) is 66.3 cm³/mol. The van der Waals surface area contributed by atoms with Gasteiger partial charge in [0.2, 0.25) is 0 Å². The Morgan fingerprint density at radius 3 is 2.53 bits per heavy atom. The van der Waals surface area contributed by atoms with Crippen LogP contribution < -0.4 is 10.1 Å². The van der Waals surface area contributed by atoms with Crippen molar-refractivity contribution < 1.29 is 19.1 Å². The fraction of sp³-hybridized carbons (Fsp3) is 0.308. The molecule has 1 aromatic carbocycles. The number of amides is 1. The molecule has 0 aromatic heterocycles. The molecule has 0 bridgehead atoms. The summed E-state index contributed by atoms with van der Waals surface area (Å²) in [6.07, 6.45) is -0.836. The summed E-state index contributed by atoms with van der Waals surface area (Å²) < 4.78 is 10.1. The normalized spacial score (nSPS) is 11.0. The first-order valence-electron chi connectivity index (χ1n) is 5.61. The van der Waals surface area contributed by atoms with E-state index < -0.39 is 12.1 Å². The molecule has 6 nitrogen and oxygen atoms in total. The number of esters is 1.